The highest BCUT2D eigenvalue weighted by atomic mass is 79.9. The minimum absolute atomic E-state index is 0.00657. The second-order valence-electron chi connectivity index (χ2n) is 4.34. The van der Waals surface area contributed by atoms with Crippen LogP contribution in [0.4, 0.5) is 0 Å². The highest BCUT2D eigenvalue weighted by molar-refractivity contribution is 9.10. The molecule has 1 N–H and O–H groups in total. The Balaban J connectivity index is 2.80. The Hall–Kier alpha value is 0.140. The maximum Gasteiger partial charge on any atom is 0.0490 e. The first-order chi connectivity index (χ1) is 6.49. The van der Waals surface area contributed by atoms with Crippen LogP contribution in [0.15, 0.2) is 15.9 Å². The van der Waals surface area contributed by atoms with Crippen molar-refractivity contribution in [3.05, 3.63) is 20.8 Å². The number of halogens is 1. The number of rotatable bonds is 4. The SMILES string of the molecule is CC(C)C(C)(CO)Cc1sccc1Br. The largest absolute Gasteiger partial charge is 0.396 e. The van der Waals surface area contributed by atoms with Gasteiger partial charge in [-0.05, 0) is 45.1 Å². The van der Waals surface area contributed by atoms with E-state index in [1.807, 2.05) is 0 Å². The fraction of sp³-hybridized carbons (Fsp3) is 0.636. The normalized spacial score (nSPS) is 15.9. The first kappa shape index (κ1) is 12.2. The molecule has 14 heavy (non-hydrogen) atoms. The third-order valence-corrected chi connectivity index (χ3v) is 4.94. The highest BCUT2D eigenvalue weighted by Gasteiger charge is 2.28. The monoisotopic (exact) mass is 276 g/mol. The first-order valence-corrected chi connectivity index (χ1v) is 6.49. The zero-order chi connectivity index (χ0) is 10.8. The summed E-state index contributed by atoms with van der Waals surface area (Å²) in [4.78, 5) is 1.33. The van der Waals surface area contributed by atoms with E-state index in [1.165, 1.54) is 9.35 Å². The van der Waals surface area contributed by atoms with E-state index in [9.17, 15) is 5.11 Å². The summed E-state index contributed by atoms with van der Waals surface area (Å²) in [6.45, 7) is 6.72. The predicted molar refractivity (Wildman–Crippen MR) is 65.8 cm³/mol. The molecule has 0 radical (unpaired) electrons. The summed E-state index contributed by atoms with van der Waals surface area (Å²) in [7, 11) is 0. The van der Waals surface area contributed by atoms with Crippen LogP contribution in [0.25, 0.3) is 0 Å². The van der Waals surface area contributed by atoms with Crippen LogP contribution in [0, 0.1) is 11.3 Å². The van der Waals surface area contributed by atoms with Gasteiger partial charge in [-0.3, -0.25) is 0 Å². The minimum atomic E-state index is -0.00657. The molecule has 1 aromatic heterocycles. The average molecular weight is 277 g/mol. The molecule has 0 aliphatic carbocycles. The number of aliphatic hydroxyl groups is 1. The van der Waals surface area contributed by atoms with Gasteiger partial charge in [0.15, 0.2) is 0 Å². The van der Waals surface area contributed by atoms with Crippen LogP contribution in [-0.4, -0.2) is 11.7 Å². The summed E-state index contributed by atoms with van der Waals surface area (Å²) >= 11 is 5.28. The van der Waals surface area contributed by atoms with Crippen molar-refractivity contribution in [3.63, 3.8) is 0 Å². The van der Waals surface area contributed by atoms with Crippen LogP contribution in [0.3, 0.4) is 0 Å². The summed E-state index contributed by atoms with van der Waals surface area (Å²) in [6.07, 6.45) is 0.944. The minimum Gasteiger partial charge on any atom is -0.396 e. The maximum atomic E-state index is 9.43. The standard InChI is InChI=1S/C11H17BrOS/c1-8(2)11(3,7-13)6-10-9(12)4-5-14-10/h4-5,8,13H,6-7H2,1-3H3. The summed E-state index contributed by atoms with van der Waals surface area (Å²) in [6, 6.07) is 2.07. The van der Waals surface area contributed by atoms with Gasteiger partial charge in [-0.25, -0.2) is 0 Å². The van der Waals surface area contributed by atoms with E-state index in [0.717, 1.165) is 6.42 Å². The average Bonchev–Trinajstić information content (AvgIpc) is 2.51. The van der Waals surface area contributed by atoms with Gasteiger partial charge in [0.2, 0.25) is 0 Å². The number of aliphatic hydroxyl groups excluding tert-OH is 1. The zero-order valence-corrected chi connectivity index (χ0v) is 11.3. The van der Waals surface area contributed by atoms with E-state index < -0.39 is 0 Å². The van der Waals surface area contributed by atoms with Crippen LogP contribution in [0.5, 0.6) is 0 Å². The molecule has 0 saturated carbocycles. The summed E-state index contributed by atoms with van der Waals surface area (Å²) in [5.74, 6) is 0.487. The van der Waals surface area contributed by atoms with Gasteiger partial charge in [-0.1, -0.05) is 20.8 Å². The molecule has 0 saturated heterocycles. The lowest BCUT2D eigenvalue weighted by atomic mass is 9.77. The maximum absolute atomic E-state index is 9.43. The third kappa shape index (κ3) is 2.59. The molecule has 1 nitrogen and oxygen atoms in total. The van der Waals surface area contributed by atoms with Crippen LogP contribution < -0.4 is 0 Å². The van der Waals surface area contributed by atoms with Crippen LogP contribution in [-0.2, 0) is 6.42 Å². The van der Waals surface area contributed by atoms with Gasteiger partial charge in [-0.2, -0.15) is 0 Å². The molecule has 1 unspecified atom stereocenters. The lowest BCUT2D eigenvalue weighted by Gasteiger charge is -2.31. The van der Waals surface area contributed by atoms with Gasteiger partial charge in [0.1, 0.15) is 0 Å². The van der Waals surface area contributed by atoms with Crippen molar-refractivity contribution in [2.45, 2.75) is 27.2 Å². The van der Waals surface area contributed by atoms with Gasteiger partial charge >= 0.3 is 0 Å². The second-order valence-corrected chi connectivity index (χ2v) is 6.19. The van der Waals surface area contributed by atoms with Gasteiger partial charge in [0, 0.05) is 16.0 Å². The summed E-state index contributed by atoms with van der Waals surface area (Å²) < 4.78 is 1.17. The number of hydrogen-bond donors (Lipinski definition) is 1. The molecule has 0 aliphatic rings. The van der Waals surface area contributed by atoms with Crippen molar-refractivity contribution in [2.75, 3.05) is 6.61 Å². The number of thiophene rings is 1. The Morgan fingerprint density at radius 2 is 2.21 bits per heavy atom. The van der Waals surface area contributed by atoms with E-state index in [-0.39, 0.29) is 12.0 Å². The molecular weight excluding hydrogens is 260 g/mol. The lowest BCUT2D eigenvalue weighted by molar-refractivity contribution is 0.0954. The molecule has 1 heterocycles. The van der Waals surface area contributed by atoms with E-state index in [2.05, 4.69) is 48.1 Å². The first-order valence-electron chi connectivity index (χ1n) is 4.82. The lowest BCUT2D eigenvalue weighted by Crippen LogP contribution is -2.30. The molecule has 0 aromatic carbocycles. The van der Waals surface area contributed by atoms with Gasteiger partial charge in [0.25, 0.3) is 0 Å². The molecule has 0 spiro atoms. The Labute approximate surface area is 98.3 Å². The quantitative estimate of drug-likeness (QED) is 0.889. The predicted octanol–water partition coefficient (Wildman–Crippen LogP) is 3.71. The molecule has 3 heteroatoms. The highest BCUT2D eigenvalue weighted by Crippen LogP contribution is 2.35. The molecule has 80 valence electrons. The zero-order valence-electron chi connectivity index (χ0n) is 8.88. The Kier molecular flexibility index (Phi) is 4.16. The van der Waals surface area contributed by atoms with Crippen molar-refractivity contribution >= 4 is 27.3 Å². The van der Waals surface area contributed by atoms with Gasteiger partial charge < -0.3 is 5.11 Å². The molecular formula is C11H17BrOS. The topological polar surface area (TPSA) is 20.2 Å². The van der Waals surface area contributed by atoms with Crippen molar-refractivity contribution in [1.29, 1.82) is 0 Å². The second kappa shape index (κ2) is 4.77. The van der Waals surface area contributed by atoms with E-state index >= 15 is 0 Å². The molecule has 1 aromatic rings. The van der Waals surface area contributed by atoms with E-state index in [4.69, 9.17) is 0 Å². The molecule has 0 amide bonds. The molecule has 0 aliphatic heterocycles. The summed E-state index contributed by atoms with van der Waals surface area (Å²) in [5.41, 5.74) is -0.00657. The Bertz CT molecular complexity index is 295. The number of hydrogen-bond acceptors (Lipinski definition) is 2. The molecule has 0 fully saturated rings. The Morgan fingerprint density at radius 3 is 2.57 bits per heavy atom. The fourth-order valence-electron chi connectivity index (χ4n) is 1.26. The van der Waals surface area contributed by atoms with Gasteiger partial charge in [-0.15, -0.1) is 11.3 Å². The van der Waals surface area contributed by atoms with Gasteiger partial charge in [0.05, 0.1) is 0 Å². The molecule has 1 atom stereocenters. The van der Waals surface area contributed by atoms with Crippen molar-refractivity contribution in [3.8, 4) is 0 Å². The van der Waals surface area contributed by atoms with Crippen LogP contribution in [0.1, 0.15) is 25.6 Å². The van der Waals surface area contributed by atoms with Crippen LogP contribution in [0.2, 0.25) is 0 Å². The smallest absolute Gasteiger partial charge is 0.0490 e. The Morgan fingerprint density at radius 1 is 1.57 bits per heavy atom. The van der Waals surface area contributed by atoms with E-state index in [0.29, 0.717) is 5.92 Å². The molecule has 1 rings (SSSR count). The van der Waals surface area contributed by atoms with E-state index in [1.54, 1.807) is 11.3 Å². The molecule has 0 bridgehead atoms. The van der Waals surface area contributed by atoms with Crippen molar-refractivity contribution in [2.24, 2.45) is 11.3 Å². The van der Waals surface area contributed by atoms with Crippen molar-refractivity contribution in [1.82, 2.24) is 0 Å². The van der Waals surface area contributed by atoms with Crippen LogP contribution >= 0.6 is 27.3 Å². The third-order valence-electron chi connectivity index (χ3n) is 3.01. The summed E-state index contributed by atoms with van der Waals surface area (Å²) in [5, 5.41) is 11.5. The van der Waals surface area contributed by atoms with Crippen molar-refractivity contribution < 1.29 is 5.11 Å². The fourth-order valence-corrected chi connectivity index (χ4v) is 2.95.